The number of likely N-dealkylation sites (N-methyl/N-ethyl adjacent to an activating group) is 1. The summed E-state index contributed by atoms with van der Waals surface area (Å²) >= 11 is 0. The maximum Gasteiger partial charge on any atom is 2.00 e. The van der Waals surface area contributed by atoms with Gasteiger partial charge in [-0.05, 0) is 26.1 Å². The van der Waals surface area contributed by atoms with Gasteiger partial charge in [-0.2, -0.15) is 12.8 Å². The van der Waals surface area contributed by atoms with Crippen molar-refractivity contribution in [1.82, 2.24) is 4.90 Å². The van der Waals surface area contributed by atoms with Crippen molar-refractivity contribution in [2.45, 2.75) is 38.8 Å². The molecule has 0 N–H and O–H groups in total. The molecule has 1 saturated carbocycles. The van der Waals surface area contributed by atoms with E-state index in [0.717, 1.165) is 18.4 Å². The molecule has 0 saturated heterocycles. The Morgan fingerprint density at radius 1 is 1.27 bits per heavy atom. The van der Waals surface area contributed by atoms with Gasteiger partial charge in [0.05, 0.1) is 6.10 Å². The second-order valence-corrected chi connectivity index (χ2v) is 6.24. The van der Waals surface area contributed by atoms with Crippen LogP contribution >= 0.6 is 0 Å². The number of hydrogen-bond acceptors (Lipinski definition) is 2. The Morgan fingerprint density at radius 2 is 1.91 bits per heavy atom. The predicted octanol–water partition coefficient (Wildman–Crippen LogP) is 4.39. The van der Waals surface area contributed by atoms with Gasteiger partial charge in [0.1, 0.15) is 0 Å². The van der Waals surface area contributed by atoms with Gasteiger partial charge in [-0.15, -0.1) is 0 Å². The summed E-state index contributed by atoms with van der Waals surface area (Å²) in [6, 6.07) is 10.9. The van der Waals surface area contributed by atoms with Crippen molar-refractivity contribution in [3.05, 3.63) is 49.7 Å². The average Bonchev–Trinajstić information content (AvgIpc) is 2.86. The van der Waals surface area contributed by atoms with Crippen molar-refractivity contribution < 1.29 is 21.8 Å². The first kappa shape index (κ1) is 21.7. The van der Waals surface area contributed by atoms with Crippen molar-refractivity contribution in [2.75, 3.05) is 20.7 Å². The summed E-state index contributed by atoms with van der Waals surface area (Å²) in [5, 5.41) is 0. The Balaban J connectivity index is 0.00000220. The number of methoxy groups -OCH3 is 1. The van der Waals surface area contributed by atoms with E-state index < -0.39 is 0 Å². The normalized spacial score (nSPS) is 23.5. The molecule has 1 aromatic carbocycles. The summed E-state index contributed by atoms with van der Waals surface area (Å²) in [5.74, 6) is 1.62. The summed E-state index contributed by atoms with van der Waals surface area (Å²) in [7, 11) is 4.04. The van der Waals surface area contributed by atoms with Crippen LogP contribution in [-0.4, -0.2) is 31.6 Å². The summed E-state index contributed by atoms with van der Waals surface area (Å²) in [5.41, 5.74) is 1.26. The van der Waals surface area contributed by atoms with E-state index in [1.807, 2.05) is 7.11 Å². The van der Waals surface area contributed by atoms with E-state index in [2.05, 4.69) is 62.5 Å². The molecule has 22 heavy (non-hydrogen) atoms. The zero-order valence-electron chi connectivity index (χ0n) is 14.6. The number of ether oxygens (including phenoxy) is 1. The number of hydrogen-bond donors (Lipinski definition) is 0. The molecule has 1 fully saturated rings. The molecule has 2 nitrogen and oxygen atoms in total. The number of benzene rings is 1. The maximum absolute atomic E-state index is 5.76. The van der Waals surface area contributed by atoms with Gasteiger partial charge in [0, 0.05) is 13.2 Å². The molecule has 0 spiro atoms. The van der Waals surface area contributed by atoms with Crippen LogP contribution in [0.4, 0.5) is 0 Å². The first-order chi connectivity index (χ1) is 9.63. The molecule has 1 aromatic rings. The van der Waals surface area contributed by atoms with Crippen LogP contribution in [0.15, 0.2) is 30.3 Å². The van der Waals surface area contributed by atoms with Gasteiger partial charge in [0.15, 0.2) is 0 Å². The summed E-state index contributed by atoms with van der Waals surface area (Å²) in [6.07, 6.45) is 5.13. The van der Waals surface area contributed by atoms with Crippen LogP contribution in [0, 0.1) is 25.7 Å². The van der Waals surface area contributed by atoms with E-state index in [-0.39, 0.29) is 30.6 Å². The van der Waals surface area contributed by atoms with Gasteiger partial charge in [-0.25, -0.2) is 0 Å². The Morgan fingerprint density at radius 3 is 2.41 bits per heavy atom. The molecule has 2 unspecified atom stereocenters. The minimum Gasteiger partial charge on any atom is -0.375 e. The monoisotopic (exact) mass is 345 g/mol. The molecule has 1 aliphatic rings. The van der Waals surface area contributed by atoms with E-state index in [1.165, 1.54) is 18.4 Å². The fourth-order valence-corrected chi connectivity index (χ4v) is 3.27. The Bertz CT molecular complexity index is 398. The third-order valence-corrected chi connectivity index (χ3v) is 4.85. The second-order valence-electron chi connectivity index (χ2n) is 6.24. The van der Waals surface area contributed by atoms with Crippen molar-refractivity contribution in [1.29, 1.82) is 0 Å². The van der Waals surface area contributed by atoms with Crippen molar-refractivity contribution in [3.8, 4) is 0 Å². The van der Waals surface area contributed by atoms with E-state index in [0.29, 0.717) is 6.04 Å². The van der Waals surface area contributed by atoms with Gasteiger partial charge in [0.25, 0.3) is 0 Å². The van der Waals surface area contributed by atoms with Gasteiger partial charge >= 0.3 is 17.1 Å². The summed E-state index contributed by atoms with van der Waals surface area (Å²) in [4.78, 5) is 2.46. The quantitative estimate of drug-likeness (QED) is 0.560. The van der Waals surface area contributed by atoms with Crippen LogP contribution < -0.4 is 0 Å². The van der Waals surface area contributed by atoms with E-state index in [4.69, 9.17) is 4.74 Å². The molecular weight excluding hydrogens is 314 g/mol. The molecule has 0 radical (unpaired) electrons. The smallest absolute Gasteiger partial charge is 0.375 e. The predicted molar refractivity (Wildman–Crippen MR) is 90.9 cm³/mol. The Kier molecular flexibility index (Phi) is 10.3. The first-order valence-corrected chi connectivity index (χ1v) is 7.73. The molecule has 4 atom stereocenters. The Hall–Kier alpha value is -0.341. The third kappa shape index (κ3) is 5.38. The molecule has 0 heterocycles. The van der Waals surface area contributed by atoms with E-state index in [9.17, 15) is 0 Å². The number of rotatable bonds is 6. The van der Waals surface area contributed by atoms with Crippen LogP contribution in [0.1, 0.15) is 38.4 Å². The van der Waals surface area contributed by atoms with Crippen molar-refractivity contribution >= 4 is 0 Å². The zero-order chi connectivity index (χ0) is 14.5. The largest absolute Gasteiger partial charge is 2.00 e. The van der Waals surface area contributed by atoms with Crippen LogP contribution in [0.2, 0.25) is 0 Å². The average molecular weight is 345 g/mol. The minimum absolute atomic E-state index is 0. The Labute approximate surface area is 148 Å². The zero-order valence-corrected chi connectivity index (χ0v) is 15.7. The summed E-state index contributed by atoms with van der Waals surface area (Å²) < 4.78 is 5.76. The van der Waals surface area contributed by atoms with Gasteiger partial charge in [0.2, 0.25) is 0 Å². The minimum atomic E-state index is 0. The molecule has 0 aliphatic heterocycles. The van der Waals surface area contributed by atoms with Gasteiger partial charge in [-0.1, -0.05) is 49.1 Å². The third-order valence-electron chi connectivity index (χ3n) is 4.85. The fraction of sp³-hybridized carbons (Fsp3) is 0.579. The second kappa shape index (κ2) is 10.4. The molecule has 126 valence electrons. The first-order valence-electron chi connectivity index (χ1n) is 7.73. The molecule has 1 aliphatic carbocycles. The van der Waals surface area contributed by atoms with Crippen LogP contribution in [0.5, 0.6) is 0 Å². The van der Waals surface area contributed by atoms with E-state index >= 15 is 0 Å². The molecule has 3 heteroatoms. The molecule has 0 amide bonds. The summed E-state index contributed by atoms with van der Waals surface area (Å²) in [6.45, 7) is 5.80. The molecule has 0 aromatic heterocycles. The van der Waals surface area contributed by atoms with Crippen molar-refractivity contribution in [2.24, 2.45) is 11.8 Å². The SMILES string of the molecule is CO[C@H](c1ccccc1)[C@H](C)N(C)CC1C[CH-]CC1C.[CH3-].[Fe+2]. The van der Waals surface area contributed by atoms with Gasteiger partial charge < -0.3 is 23.5 Å². The maximum atomic E-state index is 5.76. The molecular formula is C19H31FeNO. The van der Waals surface area contributed by atoms with Crippen LogP contribution in [-0.2, 0) is 21.8 Å². The standard InChI is InChI=1S/C18H28NO.CH3.Fe/c1-14-9-8-12-17(14)13-19(3)15(2)18(20-4)16-10-6-5-7-11-16;;/h5-8,10-11,14-15,17-18H,9,12-13H2,1-4H3;1H3;/q2*-1;+2/t14?,15-,17?,18-;;/m0../s1. The van der Waals surface area contributed by atoms with E-state index in [1.54, 1.807) is 0 Å². The number of nitrogens with zero attached hydrogens (tertiary/aromatic N) is 1. The van der Waals surface area contributed by atoms with Crippen LogP contribution in [0.3, 0.4) is 0 Å². The fourth-order valence-electron chi connectivity index (χ4n) is 3.27. The molecule has 2 rings (SSSR count). The van der Waals surface area contributed by atoms with Gasteiger partial charge in [-0.3, -0.25) is 0 Å². The van der Waals surface area contributed by atoms with Crippen molar-refractivity contribution in [3.63, 3.8) is 0 Å². The topological polar surface area (TPSA) is 12.5 Å². The molecule has 0 bridgehead atoms. The van der Waals surface area contributed by atoms with Crippen LogP contribution in [0.25, 0.3) is 0 Å².